The van der Waals surface area contributed by atoms with Crippen LogP contribution < -0.4 is 11.1 Å². The first-order valence-electron chi connectivity index (χ1n) is 6.33. The maximum Gasteiger partial charge on any atom is 0.241 e. The Bertz CT molecular complexity index is 390. The number of carbonyl (C=O) groups is 1. The Labute approximate surface area is 109 Å². The molecule has 0 bridgehead atoms. The van der Waals surface area contributed by atoms with Crippen molar-refractivity contribution in [2.45, 2.75) is 32.4 Å². The molecule has 0 heterocycles. The third-order valence-electron chi connectivity index (χ3n) is 2.70. The van der Waals surface area contributed by atoms with Crippen LogP contribution in [-0.4, -0.2) is 30.9 Å². The zero-order chi connectivity index (χ0) is 13.5. The summed E-state index contributed by atoms with van der Waals surface area (Å²) in [6.45, 7) is 2.81. The molecule has 0 saturated carbocycles. The van der Waals surface area contributed by atoms with Crippen LogP contribution in [0.1, 0.15) is 25.3 Å². The van der Waals surface area contributed by atoms with Crippen molar-refractivity contribution in [3.05, 3.63) is 29.8 Å². The molecule has 4 heteroatoms. The minimum Gasteiger partial charge on any atom is -0.324 e. The normalized spacial score (nSPS) is 12.5. The molecule has 1 amide bonds. The molecule has 0 unspecified atom stereocenters. The zero-order valence-electron chi connectivity index (χ0n) is 11.4. The standard InChI is InChI=1S/C14H23N3O/c1-4-7-12(15)14(18)16-13-9-6-5-8-11(13)10-17(2)3/h5-6,8-9,12H,4,7,10,15H2,1-3H3,(H,16,18)/t12-/m1/s1. The van der Waals surface area contributed by atoms with E-state index in [1.165, 1.54) is 0 Å². The smallest absolute Gasteiger partial charge is 0.241 e. The molecule has 1 aromatic carbocycles. The number of para-hydroxylation sites is 1. The third-order valence-corrected chi connectivity index (χ3v) is 2.70. The summed E-state index contributed by atoms with van der Waals surface area (Å²) in [5.41, 5.74) is 7.75. The average Bonchev–Trinajstić information content (AvgIpc) is 2.31. The molecular weight excluding hydrogens is 226 g/mol. The maximum atomic E-state index is 11.9. The number of carbonyl (C=O) groups excluding carboxylic acids is 1. The molecule has 4 nitrogen and oxygen atoms in total. The van der Waals surface area contributed by atoms with Crippen LogP contribution >= 0.6 is 0 Å². The summed E-state index contributed by atoms with van der Waals surface area (Å²) in [5.74, 6) is -0.108. The Balaban J connectivity index is 2.74. The van der Waals surface area contributed by atoms with Gasteiger partial charge < -0.3 is 16.0 Å². The molecule has 1 aromatic rings. The summed E-state index contributed by atoms with van der Waals surface area (Å²) >= 11 is 0. The minimum atomic E-state index is -0.428. The van der Waals surface area contributed by atoms with E-state index in [9.17, 15) is 4.79 Å². The predicted octanol–water partition coefficient (Wildman–Crippen LogP) is 1.81. The molecule has 0 aliphatic heterocycles. The number of nitrogens with two attached hydrogens (primary N) is 1. The summed E-state index contributed by atoms with van der Waals surface area (Å²) in [5, 5.41) is 2.91. The lowest BCUT2D eigenvalue weighted by Gasteiger charge is -2.16. The van der Waals surface area contributed by atoms with Gasteiger partial charge in [0.15, 0.2) is 0 Å². The van der Waals surface area contributed by atoms with Crippen molar-refractivity contribution in [1.29, 1.82) is 0 Å². The molecule has 0 aromatic heterocycles. The molecule has 1 rings (SSSR count). The molecular formula is C14H23N3O. The van der Waals surface area contributed by atoms with Gasteiger partial charge >= 0.3 is 0 Å². The molecule has 0 radical (unpaired) electrons. The molecule has 18 heavy (non-hydrogen) atoms. The maximum absolute atomic E-state index is 11.9. The van der Waals surface area contributed by atoms with E-state index in [0.29, 0.717) is 6.42 Å². The Morgan fingerprint density at radius 3 is 2.67 bits per heavy atom. The van der Waals surface area contributed by atoms with Crippen molar-refractivity contribution < 1.29 is 4.79 Å². The highest BCUT2D eigenvalue weighted by Crippen LogP contribution is 2.16. The molecule has 0 saturated heterocycles. The zero-order valence-corrected chi connectivity index (χ0v) is 11.4. The van der Waals surface area contributed by atoms with Gasteiger partial charge in [0.25, 0.3) is 0 Å². The fourth-order valence-electron chi connectivity index (χ4n) is 1.79. The second kappa shape index (κ2) is 7.13. The van der Waals surface area contributed by atoms with Crippen molar-refractivity contribution in [2.75, 3.05) is 19.4 Å². The van der Waals surface area contributed by atoms with Gasteiger partial charge in [-0.1, -0.05) is 31.5 Å². The van der Waals surface area contributed by atoms with Gasteiger partial charge in [-0.2, -0.15) is 0 Å². The van der Waals surface area contributed by atoms with Gasteiger partial charge in [-0.15, -0.1) is 0 Å². The quantitative estimate of drug-likeness (QED) is 0.808. The van der Waals surface area contributed by atoms with Gasteiger partial charge in [-0.3, -0.25) is 4.79 Å². The fraction of sp³-hybridized carbons (Fsp3) is 0.500. The van der Waals surface area contributed by atoms with E-state index in [2.05, 4.69) is 10.2 Å². The molecule has 0 aliphatic carbocycles. The second-order valence-electron chi connectivity index (χ2n) is 4.78. The van der Waals surface area contributed by atoms with Crippen LogP contribution in [0.3, 0.4) is 0 Å². The summed E-state index contributed by atoms with van der Waals surface area (Å²) in [4.78, 5) is 14.0. The highest BCUT2D eigenvalue weighted by Gasteiger charge is 2.13. The molecule has 100 valence electrons. The van der Waals surface area contributed by atoms with E-state index in [1.807, 2.05) is 45.3 Å². The molecule has 0 spiro atoms. The number of hydrogen-bond acceptors (Lipinski definition) is 3. The number of anilines is 1. The lowest BCUT2D eigenvalue weighted by Crippen LogP contribution is -2.35. The largest absolute Gasteiger partial charge is 0.324 e. The highest BCUT2D eigenvalue weighted by atomic mass is 16.2. The van der Waals surface area contributed by atoms with Gasteiger partial charge in [0.05, 0.1) is 6.04 Å². The molecule has 3 N–H and O–H groups in total. The Morgan fingerprint density at radius 2 is 2.06 bits per heavy atom. The van der Waals surface area contributed by atoms with Crippen molar-refractivity contribution in [3.63, 3.8) is 0 Å². The SMILES string of the molecule is CCC[C@@H](N)C(=O)Nc1ccccc1CN(C)C. The summed E-state index contributed by atoms with van der Waals surface area (Å²) in [6.07, 6.45) is 1.62. The Kier molecular flexibility index (Phi) is 5.82. The van der Waals surface area contributed by atoms with Crippen LogP contribution in [0.25, 0.3) is 0 Å². The number of nitrogens with zero attached hydrogens (tertiary/aromatic N) is 1. The summed E-state index contributed by atoms with van der Waals surface area (Å²) in [6, 6.07) is 7.39. The monoisotopic (exact) mass is 249 g/mol. The Morgan fingerprint density at radius 1 is 1.39 bits per heavy atom. The second-order valence-corrected chi connectivity index (χ2v) is 4.78. The number of rotatable bonds is 6. The van der Waals surface area contributed by atoms with E-state index in [-0.39, 0.29) is 5.91 Å². The predicted molar refractivity (Wildman–Crippen MR) is 75.3 cm³/mol. The summed E-state index contributed by atoms with van der Waals surface area (Å²) in [7, 11) is 4.00. The van der Waals surface area contributed by atoms with Crippen LogP contribution in [0.15, 0.2) is 24.3 Å². The van der Waals surface area contributed by atoms with Gasteiger partial charge in [0, 0.05) is 12.2 Å². The van der Waals surface area contributed by atoms with Crippen LogP contribution in [0.5, 0.6) is 0 Å². The number of hydrogen-bond donors (Lipinski definition) is 2. The first kappa shape index (κ1) is 14.7. The van der Waals surface area contributed by atoms with Gasteiger partial charge in [0.1, 0.15) is 0 Å². The van der Waals surface area contributed by atoms with Gasteiger partial charge in [-0.05, 0) is 32.1 Å². The first-order valence-corrected chi connectivity index (χ1v) is 6.33. The third kappa shape index (κ3) is 4.47. The van der Waals surface area contributed by atoms with E-state index < -0.39 is 6.04 Å². The van der Waals surface area contributed by atoms with Crippen LogP contribution in [0.4, 0.5) is 5.69 Å². The van der Waals surface area contributed by atoms with E-state index in [1.54, 1.807) is 0 Å². The van der Waals surface area contributed by atoms with E-state index in [0.717, 1.165) is 24.2 Å². The number of amides is 1. The van der Waals surface area contributed by atoms with Crippen molar-refractivity contribution in [1.82, 2.24) is 4.90 Å². The lowest BCUT2D eigenvalue weighted by molar-refractivity contribution is -0.117. The van der Waals surface area contributed by atoms with Crippen molar-refractivity contribution in [2.24, 2.45) is 5.73 Å². The van der Waals surface area contributed by atoms with Crippen molar-refractivity contribution in [3.8, 4) is 0 Å². The van der Waals surface area contributed by atoms with Crippen LogP contribution in [0, 0.1) is 0 Å². The number of benzene rings is 1. The average molecular weight is 249 g/mol. The van der Waals surface area contributed by atoms with Gasteiger partial charge in [0.2, 0.25) is 5.91 Å². The first-order chi connectivity index (χ1) is 8.54. The van der Waals surface area contributed by atoms with E-state index in [4.69, 9.17) is 5.73 Å². The topological polar surface area (TPSA) is 58.4 Å². The molecule has 0 fully saturated rings. The molecule has 0 aliphatic rings. The minimum absolute atomic E-state index is 0.108. The van der Waals surface area contributed by atoms with Crippen molar-refractivity contribution >= 4 is 11.6 Å². The Hall–Kier alpha value is -1.39. The number of nitrogens with one attached hydrogen (secondary N) is 1. The fourth-order valence-corrected chi connectivity index (χ4v) is 1.79. The molecule has 1 atom stereocenters. The lowest BCUT2D eigenvalue weighted by atomic mass is 10.1. The van der Waals surface area contributed by atoms with Crippen LogP contribution in [0.2, 0.25) is 0 Å². The van der Waals surface area contributed by atoms with E-state index >= 15 is 0 Å². The highest BCUT2D eigenvalue weighted by molar-refractivity contribution is 5.95. The summed E-state index contributed by atoms with van der Waals surface area (Å²) < 4.78 is 0. The van der Waals surface area contributed by atoms with Gasteiger partial charge in [-0.25, -0.2) is 0 Å². The van der Waals surface area contributed by atoms with Crippen LogP contribution in [-0.2, 0) is 11.3 Å².